The molecule has 0 aliphatic heterocycles. The van der Waals surface area contributed by atoms with Gasteiger partial charge in [0.15, 0.2) is 0 Å². The molecule has 5 aliphatic rings. The summed E-state index contributed by atoms with van der Waals surface area (Å²) in [5, 5.41) is 7.39. The van der Waals surface area contributed by atoms with Gasteiger partial charge >= 0.3 is 0 Å². The first-order valence-corrected chi connectivity index (χ1v) is 57.1. The molecule has 0 saturated carbocycles. The van der Waals surface area contributed by atoms with Gasteiger partial charge < -0.3 is 18.3 Å². The second kappa shape index (κ2) is 41.1. The van der Waals surface area contributed by atoms with Crippen molar-refractivity contribution >= 4 is 82.7 Å². The van der Waals surface area contributed by atoms with Crippen molar-refractivity contribution in [3.8, 4) is 83.6 Å². The summed E-state index contributed by atoms with van der Waals surface area (Å²) in [7, 11) is 0. The van der Waals surface area contributed by atoms with E-state index in [1.54, 1.807) is 27.8 Å². The van der Waals surface area contributed by atoms with Crippen LogP contribution in [-0.2, 0) is 27.1 Å². The topological polar surface area (TPSA) is 34.5 Å². The number of unbranched alkanes of at least 4 members (excludes halogenated alkanes) is 28. The SMILES string of the molecule is CCCCCCCCC1(CCCCCCCC)c2cc(N(c3ccc4c(c3)C(C)(C)c3cc(-c5ccc6c(c5)C(CCCCCCC)(CCCCCCC)c5ccccc5-6)ccc3-4)c3ccc4c(c3)C(C)(C)c3cc(-c5ccc6c(c5)c5ccccc5n6-c5ccccc5)c5oc6ccccc6c5c3-4)ccc2-c2cc3c(cc21)-c1c(ccc2oc4ccccc4c12)C3(CCCCCCCC)CCCCCCCC. The second-order valence-electron chi connectivity index (χ2n) is 45.5. The normalized spacial score (nSPS) is 14.8. The lowest BCUT2D eigenvalue weighted by Crippen LogP contribution is -2.27. The maximum atomic E-state index is 7.37. The number of benzene rings is 14. The highest BCUT2D eigenvalue weighted by Gasteiger charge is 2.51. The molecular formula is C139H154N2O2. The van der Waals surface area contributed by atoms with Gasteiger partial charge in [-0.05, 0) is 282 Å². The van der Waals surface area contributed by atoms with Crippen LogP contribution < -0.4 is 4.90 Å². The molecule has 5 aliphatic carbocycles. The van der Waals surface area contributed by atoms with Crippen LogP contribution in [0, 0.1) is 0 Å². The van der Waals surface area contributed by atoms with Crippen LogP contribution in [0.25, 0.3) is 149 Å². The van der Waals surface area contributed by atoms with Crippen LogP contribution in [0.5, 0.6) is 0 Å². The van der Waals surface area contributed by atoms with Crippen LogP contribution in [0.3, 0.4) is 0 Å². The molecule has 0 amide bonds. The smallest absolute Gasteiger partial charge is 0.143 e. The first-order valence-electron chi connectivity index (χ1n) is 57.1. The number of furan rings is 2. The van der Waals surface area contributed by atoms with Crippen LogP contribution in [0.4, 0.5) is 17.1 Å². The van der Waals surface area contributed by atoms with Crippen molar-refractivity contribution in [1.29, 1.82) is 0 Å². The van der Waals surface area contributed by atoms with Gasteiger partial charge in [0.2, 0.25) is 0 Å². The van der Waals surface area contributed by atoms with Crippen LogP contribution in [0.1, 0.15) is 382 Å². The summed E-state index contributed by atoms with van der Waals surface area (Å²) in [4.78, 5) is 2.74. The highest BCUT2D eigenvalue weighted by molar-refractivity contribution is 6.20. The molecule has 0 N–H and O–H groups in total. The average molecular weight is 1880 g/mol. The standard InChI is InChI=1S/C139H154N2O2/c1-11-17-23-29-35-52-82-138(83-53-36-30-24-18-12-2)116-77-79-129-132(109-60-44-48-64-127(109)142-129)131(116)114-94-122-112(93-123(114)138)106-75-70-101(91-121(106)139(122,84-54-37-31-25-19-13-3)85-55-38-32-26-20-14-4)140(99-69-74-104-103-72-66-95(87-117(103)135(7,8)118(104)89-99)96-67-73-105-102-58-42-46-62-115(102)137(120(105)88-96,80-50-33-27-21-15-5)81-51-34-28-22-16-6)100-71-76-108-119(90-100)136(9,10)124-92-111(134-133(130(108)124)110-61-45-49-65-128(110)143-134)97-68-78-126-113(86-97)107-59-43-47-63-125(107)141(126)98-56-40-39-41-57-98/h39-49,56-79,86-94H,11-38,50-55,80-85H2,1-10H3. The van der Waals surface area contributed by atoms with E-state index in [0.717, 1.165) is 70.2 Å². The van der Waals surface area contributed by atoms with Gasteiger partial charge in [0.05, 0.1) is 11.0 Å². The van der Waals surface area contributed by atoms with E-state index in [1.807, 2.05) is 0 Å². The van der Waals surface area contributed by atoms with E-state index >= 15 is 0 Å². The third-order valence-electron chi connectivity index (χ3n) is 35.9. The van der Waals surface area contributed by atoms with Crippen molar-refractivity contribution in [1.82, 2.24) is 4.57 Å². The Morgan fingerprint density at radius 2 is 0.594 bits per heavy atom. The van der Waals surface area contributed by atoms with E-state index in [2.05, 4.69) is 346 Å². The Balaban J connectivity index is 0.727. The Kier molecular flexibility index (Phi) is 27.6. The Labute approximate surface area is 854 Å². The molecule has 732 valence electrons. The average Bonchev–Trinajstić information content (AvgIpc) is 1.52. The summed E-state index contributed by atoms with van der Waals surface area (Å²) in [5.74, 6) is 0. The van der Waals surface area contributed by atoms with Gasteiger partial charge in [-0.1, -0.05) is 439 Å². The third-order valence-corrected chi connectivity index (χ3v) is 35.9. The number of aromatic nitrogens is 1. The zero-order valence-corrected chi connectivity index (χ0v) is 87.9. The van der Waals surface area contributed by atoms with Gasteiger partial charge in [0.1, 0.15) is 22.3 Å². The second-order valence-corrected chi connectivity index (χ2v) is 45.5. The summed E-state index contributed by atoms with van der Waals surface area (Å²) < 4.78 is 16.9. The van der Waals surface area contributed by atoms with Gasteiger partial charge in [0.25, 0.3) is 0 Å². The van der Waals surface area contributed by atoms with Crippen LogP contribution in [0.2, 0.25) is 0 Å². The van der Waals surface area contributed by atoms with Gasteiger partial charge in [-0.25, -0.2) is 0 Å². The molecule has 3 heterocycles. The molecule has 0 unspecified atom stereocenters. The summed E-state index contributed by atoms with van der Waals surface area (Å²) in [6.45, 7) is 24.3. The summed E-state index contributed by atoms with van der Waals surface area (Å²) in [5.41, 5.74) is 43.7. The van der Waals surface area contributed by atoms with E-state index < -0.39 is 5.41 Å². The highest BCUT2D eigenvalue weighted by Crippen LogP contribution is 2.66. The molecule has 143 heavy (non-hydrogen) atoms. The fourth-order valence-corrected chi connectivity index (χ4v) is 28.3. The molecule has 4 nitrogen and oxygen atoms in total. The number of fused-ring (bicyclic) bond motifs is 26. The summed E-state index contributed by atoms with van der Waals surface area (Å²) >= 11 is 0. The highest BCUT2D eigenvalue weighted by atomic mass is 16.3. The molecule has 3 aromatic heterocycles. The first kappa shape index (κ1) is 96.1. The lowest BCUT2D eigenvalue weighted by atomic mass is 9.68. The summed E-state index contributed by atoms with van der Waals surface area (Å²) in [6.07, 6.45) is 50.4. The van der Waals surface area contributed by atoms with Crippen molar-refractivity contribution < 1.29 is 8.83 Å². The Morgan fingerprint density at radius 1 is 0.224 bits per heavy atom. The van der Waals surface area contributed by atoms with Gasteiger partial charge in [-0.3, -0.25) is 0 Å². The number of anilines is 3. The Morgan fingerprint density at radius 3 is 1.17 bits per heavy atom. The zero-order valence-electron chi connectivity index (χ0n) is 87.9. The molecule has 0 bridgehead atoms. The van der Waals surface area contributed by atoms with E-state index in [-0.39, 0.29) is 21.7 Å². The minimum Gasteiger partial charge on any atom is -0.456 e. The predicted octanol–water partition coefficient (Wildman–Crippen LogP) is 42.5. The minimum atomic E-state index is -0.442. The summed E-state index contributed by atoms with van der Waals surface area (Å²) in [6, 6.07) is 106. The van der Waals surface area contributed by atoms with E-state index in [9.17, 15) is 0 Å². The first-order chi connectivity index (χ1) is 70.2. The van der Waals surface area contributed by atoms with Gasteiger partial charge in [-0.15, -0.1) is 0 Å². The maximum Gasteiger partial charge on any atom is 0.143 e. The number of rotatable bonds is 46. The molecule has 0 spiro atoms. The monoisotopic (exact) mass is 1880 g/mol. The Bertz CT molecular complexity index is 7480. The van der Waals surface area contributed by atoms with Gasteiger partial charge in [0, 0.05) is 87.7 Å². The molecule has 0 atom stereocenters. The van der Waals surface area contributed by atoms with Gasteiger partial charge in [-0.2, -0.15) is 0 Å². The molecular weight excluding hydrogens is 1730 g/mol. The number of hydrogen-bond acceptors (Lipinski definition) is 3. The zero-order chi connectivity index (χ0) is 97.6. The number of nitrogens with zero attached hydrogens (tertiary/aromatic N) is 2. The van der Waals surface area contributed by atoms with Crippen LogP contribution >= 0.6 is 0 Å². The van der Waals surface area contributed by atoms with Crippen molar-refractivity contribution in [2.45, 2.75) is 353 Å². The van der Waals surface area contributed by atoms with Crippen molar-refractivity contribution in [3.63, 3.8) is 0 Å². The van der Waals surface area contributed by atoms with E-state index in [0.29, 0.717) is 0 Å². The number of hydrogen-bond donors (Lipinski definition) is 0. The van der Waals surface area contributed by atoms with Crippen LogP contribution in [-0.4, -0.2) is 4.57 Å². The van der Waals surface area contributed by atoms with Crippen molar-refractivity contribution in [3.05, 3.63) is 323 Å². The quantitative estimate of drug-likeness (QED) is 0.0357. The molecule has 14 aromatic carbocycles. The van der Waals surface area contributed by atoms with Crippen molar-refractivity contribution in [2.24, 2.45) is 0 Å². The third kappa shape index (κ3) is 17.0. The minimum absolute atomic E-state index is 0.00201. The maximum absolute atomic E-state index is 7.37. The molecule has 0 saturated heterocycles. The van der Waals surface area contributed by atoms with Crippen molar-refractivity contribution in [2.75, 3.05) is 4.90 Å². The molecule has 4 heteroatoms. The largest absolute Gasteiger partial charge is 0.456 e. The van der Waals surface area contributed by atoms with E-state index in [4.69, 9.17) is 8.83 Å². The fourth-order valence-electron chi connectivity index (χ4n) is 28.3. The van der Waals surface area contributed by atoms with E-state index in [1.165, 1.54) is 381 Å². The Hall–Kier alpha value is -11.7. The van der Waals surface area contributed by atoms with Crippen LogP contribution in [0.15, 0.2) is 276 Å². The molecule has 17 aromatic rings. The number of para-hydroxylation sites is 4. The fraction of sp³-hybridized carbons (Fsp3) is 0.396. The molecule has 0 fully saturated rings. The lowest BCUT2D eigenvalue weighted by molar-refractivity contribution is 0.394. The lowest BCUT2D eigenvalue weighted by Gasteiger charge is -2.35. The molecule has 22 rings (SSSR count). The predicted molar refractivity (Wildman–Crippen MR) is 613 cm³/mol. The molecule has 0 radical (unpaired) electrons.